The van der Waals surface area contributed by atoms with Gasteiger partial charge < -0.3 is 14.8 Å². The van der Waals surface area contributed by atoms with E-state index in [1.54, 1.807) is 36.4 Å². The summed E-state index contributed by atoms with van der Waals surface area (Å²) in [6.45, 7) is 0.386. The van der Waals surface area contributed by atoms with E-state index < -0.39 is 22.1 Å². The summed E-state index contributed by atoms with van der Waals surface area (Å²) in [5.41, 5.74) is 1.95. The molecule has 0 bridgehead atoms. The number of nitrogens with one attached hydrogen (secondary N) is 2. The molecular formula is C29H24ClN3O7S. The Labute approximate surface area is 241 Å². The molecule has 0 radical (unpaired) electrons. The average molecular weight is 594 g/mol. The van der Waals surface area contributed by atoms with Crippen LogP contribution in [0, 0.1) is 0 Å². The van der Waals surface area contributed by atoms with Gasteiger partial charge in [-0.1, -0.05) is 54.1 Å². The molecule has 2 N–H and O–H groups in total. The van der Waals surface area contributed by atoms with E-state index >= 15 is 0 Å². The first-order chi connectivity index (χ1) is 19.7. The minimum Gasteiger partial charge on any atom is -0.429 e. The average Bonchev–Trinajstić information content (AvgIpc) is 2.98. The normalized spacial score (nSPS) is 10.9. The molecule has 0 aliphatic carbocycles. The van der Waals surface area contributed by atoms with Gasteiger partial charge in [0.1, 0.15) is 6.61 Å². The first kappa shape index (κ1) is 29.2. The number of sulfonamides is 1. The number of ether oxygens (including phenoxy) is 2. The van der Waals surface area contributed by atoms with Crippen LogP contribution in [-0.2, 0) is 27.8 Å². The molecule has 0 spiro atoms. The molecule has 0 aliphatic heterocycles. The van der Waals surface area contributed by atoms with E-state index in [2.05, 4.69) is 10.3 Å². The highest BCUT2D eigenvalue weighted by Gasteiger charge is 2.20. The number of rotatable bonds is 10. The van der Waals surface area contributed by atoms with Crippen molar-refractivity contribution in [1.82, 2.24) is 15.0 Å². The molecule has 3 aromatic carbocycles. The van der Waals surface area contributed by atoms with Crippen LogP contribution in [0.15, 0.2) is 102 Å². The number of aromatic nitrogens is 1. The molecule has 0 atom stereocenters. The van der Waals surface area contributed by atoms with Gasteiger partial charge in [-0.2, -0.15) is 0 Å². The van der Waals surface area contributed by atoms with Crippen LogP contribution in [0.2, 0.25) is 5.02 Å². The quantitative estimate of drug-likeness (QED) is 0.255. The van der Waals surface area contributed by atoms with Gasteiger partial charge in [0.25, 0.3) is 21.8 Å². The minimum atomic E-state index is -4.24. The van der Waals surface area contributed by atoms with Gasteiger partial charge >= 0.3 is 6.16 Å². The number of carbonyl (C=O) groups is 3. The third-order valence-electron chi connectivity index (χ3n) is 5.65. The molecule has 12 heteroatoms. The number of amides is 2. The fraction of sp³-hybridized carbons (Fsp3) is 0.103. The zero-order valence-corrected chi connectivity index (χ0v) is 23.0. The molecule has 1 heterocycles. The fourth-order valence-corrected chi connectivity index (χ4v) is 4.61. The molecular weight excluding hydrogens is 570 g/mol. The fourth-order valence-electron chi connectivity index (χ4n) is 3.51. The monoisotopic (exact) mass is 593 g/mol. The second-order valence-electron chi connectivity index (χ2n) is 8.60. The number of halogens is 1. The molecule has 10 nitrogen and oxygen atoms in total. The maximum atomic E-state index is 12.7. The van der Waals surface area contributed by atoms with Gasteiger partial charge in [0.05, 0.1) is 10.5 Å². The van der Waals surface area contributed by atoms with Crippen LogP contribution in [0.3, 0.4) is 0 Å². The molecule has 0 saturated carbocycles. The Hall–Kier alpha value is -4.74. The summed E-state index contributed by atoms with van der Waals surface area (Å²) < 4.78 is 37.3. The Balaban J connectivity index is 1.27. The number of hydrogen-bond acceptors (Lipinski definition) is 8. The smallest absolute Gasteiger partial charge is 0.429 e. The summed E-state index contributed by atoms with van der Waals surface area (Å²) >= 11 is 5.87. The van der Waals surface area contributed by atoms with Crippen molar-refractivity contribution in [3.63, 3.8) is 0 Å². The van der Waals surface area contributed by atoms with E-state index in [0.717, 1.165) is 17.3 Å². The predicted molar refractivity (Wildman–Crippen MR) is 150 cm³/mol. The van der Waals surface area contributed by atoms with Gasteiger partial charge in [-0.25, -0.2) is 22.9 Å². The SMILES string of the molecule is O=C(OCc1ccccc1)Oc1ccc(C(=O)NS(=O)(=O)c2ccc(C(=O)NCCc3ccc(Cl)cc3)cc2)cn1. The van der Waals surface area contributed by atoms with E-state index in [-0.39, 0.29) is 34.4 Å². The first-order valence-corrected chi connectivity index (χ1v) is 14.1. The van der Waals surface area contributed by atoms with Crippen LogP contribution in [0.5, 0.6) is 5.88 Å². The third kappa shape index (κ3) is 8.62. The van der Waals surface area contributed by atoms with E-state index in [1.807, 2.05) is 22.9 Å². The van der Waals surface area contributed by atoms with Crippen molar-refractivity contribution in [3.05, 3.63) is 124 Å². The highest BCUT2D eigenvalue weighted by atomic mass is 35.5. The maximum absolute atomic E-state index is 12.7. The molecule has 210 valence electrons. The Morgan fingerprint density at radius 2 is 1.46 bits per heavy atom. The summed E-state index contributed by atoms with van der Waals surface area (Å²) in [5, 5.41) is 3.39. The van der Waals surface area contributed by atoms with E-state index in [1.165, 1.54) is 36.4 Å². The Bertz CT molecular complexity index is 1610. The third-order valence-corrected chi connectivity index (χ3v) is 7.25. The lowest BCUT2D eigenvalue weighted by atomic mass is 10.1. The first-order valence-electron chi connectivity index (χ1n) is 12.2. The van der Waals surface area contributed by atoms with Gasteiger partial charge in [0.15, 0.2) is 0 Å². The van der Waals surface area contributed by atoms with Crippen LogP contribution >= 0.6 is 11.6 Å². The molecule has 4 rings (SSSR count). The molecule has 2 amide bonds. The minimum absolute atomic E-state index is 0.00794. The van der Waals surface area contributed by atoms with Gasteiger partial charge in [-0.3, -0.25) is 9.59 Å². The summed E-state index contributed by atoms with van der Waals surface area (Å²) in [5.74, 6) is -1.45. The summed E-state index contributed by atoms with van der Waals surface area (Å²) in [4.78, 5) is 40.4. The van der Waals surface area contributed by atoms with Crippen LogP contribution in [-0.4, -0.2) is 37.9 Å². The standard InChI is InChI=1S/C29H24ClN3O7S/c30-24-11-6-20(7-12-24)16-17-31-27(34)22-8-13-25(14-9-22)41(37,38)33-28(35)23-10-15-26(32-18-23)40-29(36)39-19-21-4-2-1-3-5-21/h1-15,18H,16-17,19H2,(H,31,34)(H,33,35). The number of pyridine rings is 1. The maximum Gasteiger partial charge on any atom is 0.515 e. The Morgan fingerprint density at radius 1 is 0.780 bits per heavy atom. The zero-order chi connectivity index (χ0) is 29.2. The lowest BCUT2D eigenvalue weighted by molar-refractivity contribution is 0.0910. The number of hydrogen-bond donors (Lipinski definition) is 2. The highest BCUT2D eigenvalue weighted by Crippen LogP contribution is 2.14. The highest BCUT2D eigenvalue weighted by molar-refractivity contribution is 7.90. The van der Waals surface area contributed by atoms with E-state index in [9.17, 15) is 22.8 Å². The Morgan fingerprint density at radius 3 is 2.12 bits per heavy atom. The van der Waals surface area contributed by atoms with E-state index in [0.29, 0.717) is 18.0 Å². The second kappa shape index (κ2) is 13.6. The van der Waals surface area contributed by atoms with E-state index in [4.69, 9.17) is 21.1 Å². The number of benzene rings is 3. The van der Waals surface area contributed by atoms with Crippen LogP contribution in [0.25, 0.3) is 0 Å². The van der Waals surface area contributed by atoms with Crippen LogP contribution in [0.4, 0.5) is 4.79 Å². The summed E-state index contributed by atoms with van der Waals surface area (Å²) in [6, 6.07) is 23.9. The summed E-state index contributed by atoms with van der Waals surface area (Å²) in [7, 11) is -4.24. The number of nitrogens with zero attached hydrogens (tertiary/aromatic N) is 1. The lowest BCUT2D eigenvalue weighted by Crippen LogP contribution is -2.31. The molecule has 0 aliphatic rings. The van der Waals surface area contributed by atoms with Crippen molar-refractivity contribution in [1.29, 1.82) is 0 Å². The van der Waals surface area contributed by atoms with Crippen molar-refractivity contribution in [2.24, 2.45) is 0 Å². The van der Waals surface area contributed by atoms with Gasteiger partial charge in [0.2, 0.25) is 5.88 Å². The van der Waals surface area contributed by atoms with Gasteiger partial charge in [-0.05, 0) is 60.0 Å². The Kier molecular flexibility index (Phi) is 9.67. The molecule has 4 aromatic rings. The molecule has 0 fully saturated rings. The van der Waals surface area contributed by atoms with Crippen LogP contribution in [0.1, 0.15) is 31.8 Å². The topological polar surface area (TPSA) is 141 Å². The van der Waals surface area contributed by atoms with Crippen molar-refractivity contribution in [2.45, 2.75) is 17.9 Å². The molecule has 0 unspecified atom stereocenters. The number of carbonyl (C=O) groups excluding carboxylic acids is 3. The second-order valence-corrected chi connectivity index (χ2v) is 10.7. The molecule has 41 heavy (non-hydrogen) atoms. The van der Waals surface area contributed by atoms with Crippen molar-refractivity contribution in [3.8, 4) is 5.88 Å². The largest absolute Gasteiger partial charge is 0.515 e. The van der Waals surface area contributed by atoms with Crippen molar-refractivity contribution < 1.29 is 32.3 Å². The van der Waals surface area contributed by atoms with Gasteiger partial charge in [-0.15, -0.1) is 0 Å². The molecule has 1 aromatic heterocycles. The lowest BCUT2D eigenvalue weighted by Gasteiger charge is -2.09. The zero-order valence-electron chi connectivity index (χ0n) is 21.5. The summed E-state index contributed by atoms with van der Waals surface area (Å²) in [6.07, 6.45) is 0.670. The predicted octanol–water partition coefficient (Wildman–Crippen LogP) is 4.54. The molecule has 0 saturated heterocycles. The van der Waals surface area contributed by atoms with Crippen molar-refractivity contribution in [2.75, 3.05) is 6.54 Å². The van der Waals surface area contributed by atoms with Crippen LogP contribution < -0.4 is 14.8 Å². The van der Waals surface area contributed by atoms with Crippen molar-refractivity contribution >= 4 is 39.6 Å². The van der Waals surface area contributed by atoms with Gasteiger partial charge in [0, 0.05) is 29.4 Å².